The summed E-state index contributed by atoms with van der Waals surface area (Å²) < 4.78 is 0. The molecule has 6 unspecified atom stereocenters. The van der Waals surface area contributed by atoms with Crippen LogP contribution in [-0.2, 0) is 0 Å². The van der Waals surface area contributed by atoms with E-state index in [0.29, 0.717) is 12.1 Å². The first-order valence-corrected chi connectivity index (χ1v) is 10.7. The Balaban J connectivity index is 1.55. The lowest BCUT2D eigenvalue weighted by Crippen LogP contribution is -2.54. The molecule has 6 atom stereocenters. The van der Waals surface area contributed by atoms with Crippen molar-refractivity contribution < 1.29 is 0 Å². The third-order valence-corrected chi connectivity index (χ3v) is 7.30. The quantitative estimate of drug-likeness (QED) is 0.707. The van der Waals surface area contributed by atoms with Crippen molar-refractivity contribution in [2.75, 3.05) is 0 Å². The molecular weight excluding hydrogens is 300 g/mol. The Bertz CT molecular complexity index is 395. The highest BCUT2D eigenvalue weighted by Crippen LogP contribution is 2.40. The zero-order valence-corrected chi connectivity index (χ0v) is 16.0. The van der Waals surface area contributed by atoms with Crippen molar-refractivity contribution >= 4 is 17.3 Å². The maximum absolute atomic E-state index is 5.74. The fraction of sp³-hybridized carbons (Fsp3) is 0.950. The van der Waals surface area contributed by atoms with Crippen LogP contribution in [0, 0.1) is 23.7 Å². The minimum atomic E-state index is 0.583. The minimum Gasteiger partial charge on any atom is -0.360 e. The van der Waals surface area contributed by atoms with Gasteiger partial charge in [0.05, 0.1) is 0 Å². The van der Waals surface area contributed by atoms with E-state index < -0.39 is 0 Å². The molecule has 132 valence electrons. The number of thiocarbonyl (C=S) groups is 1. The highest BCUT2D eigenvalue weighted by molar-refractivity contribution is 7.80. The van der Waals surface area contributed by atoms with Crippen molar-refractivity contribution in [1.29, 1.82) is 0 Å². The Labute approximate surface area is 148 Å². The van der Waals surface area contributed by atoms with E-state index in [-0.39, 0.29) is 0 Å². The van der Waals surface area contributed by atoms with Gasteiger partial charge in [0.25, 0.3) is 0 Å². The molecule has 3 aliphatic carbocycles. The summed E-state index contributed by atoms with van der Waals surface area (Å²) in [7, 11) is 0. The van der Waals surface area contributed by atoms with Gasteiger partial charge in [-0.3, -0.25) is 0 Å². The van der Waals surface area contributed by atoms with E-state index in [4.69, 9.17) is 12.2 Å². The number of nitrogens with one attached hydrogen (secondary N) is 2. The molecule has 0 aromatic carbocycles. The molecular formula is C20H36N2S. The summed E-state index contributed by atoms with van der Waals surface area (Å²) in [6.07, 6.45) is 15.3. The first-order valence-electron chi connectivity index (χ1n) is 10.3. The summed E-state index contributed by atoms with van der Waals surface area (Å²) in [5.41, 5.74) is 0. The van der Waals surface area contributed by atoms with Gasteiger partial charge in [0.2, 0.25) is 0 Å². The van der Waals surface area contributed by atoms with Crippen molar-refractivity contribution in [3.8, 4) is 0 Å². The predicted octanol–water partition coefficient (Wildman–Crippen LogP) is 5.02. The van der Waals surface area contributed by atoms with E-state index >= 15 is 0 Å². The SMILES string of the molecule is CCC1CCCC(C)C1NC(=S)NC1CCCC2CCCCC21. The van der Waals surface area contributed by atoms with Gasteiger partial charge in [-0.25, -0.2) is 0 Å². The van der Waals surface area contributed by atoms with Crippen LogP contribution in [0.15, 0.2) is 0 Å². The molecule has 0 aromatic rings. The smallest absolute Gasteiger partial charge is 0.166 e. The number of hydrogen-bond donors (Lipinski definition) is 2. The molecule has 0 spiro atoms. The van der Waals surface area contributed by atoms with Gasteiger partial charge in [0.1, 0.15) is 0 Å². The maximum atomic E-state index is 5.74. The second-order valence-electron chi connectivity index (χ2n) is 8.47. The molecule has 3 heteroatoms. The molecule has 0 aliphatic heterocycles. The summed E-state index contributed by atoms with van der Waals surface area (Å²) >= 11 is 5.74. The highest BCUT2D eigenvalue weighted by atomic mass is 32.1. The second-order valence-corrected chi connectivity index (χ2v) is 8.87. The van der Waals surface area contributed by atoms with Gasteiger partial charge in [-0.15, -0.1) is 0 Å². The predicted molar refractivity (Wildman–Crippen MR) is 103 cm³/mol. The fourth-order valence-electron chi connectivity index (χ4n) is 5.72. The molecule has 2 N–H and O–H groups in total. The Morgan fingerprint density at radius 1 is 0.913 bits per heavy atom. The van der Waals surface area contributed by atoms with E-state index in [0.717, 1.165) is 28.8 Å². The zero-order valence-electron chi connectivity index (χ0n) is 15.2. The lowest BCUT2D eigenvalue weighted by atomic mass is 9.68. The Kier molecular flexibility index (Phi) is 6.23. The van der Waals surface area contributed by atoms with E-state index in [1.54, 1.807) is 0 Å². The number of fused-ring (bicyclic) bond motifs is 1. The molecule has 3 saturated carbocycles. The molecule has 0 saturated heterocycles. The summed E-state index contributed by atoms with van der Waals surface area (Å²) in [6.45, 7) is 4.74. The fourth-order valence-corrected chi connectivity index (χ4v) is 6.01. The Hall–Kier alpha value is -0.310. The Morgan fingerprint density at radius 2 is 1.65 bits per heavy atom. The van der Waals surface area contributed by atoms with Gasteiger partial charge in [0.15, 0.2) is 5.11 Å². The van der Waals surface area contributed by atoms with Crippen LogP contribution in [0.25, 0.3) is 0 Å². The van der Waals surface area contributed by atoms with Crippen LogP contribution in [-0.4, -0.2) is 17.2 Å². The largest absolute Gasteiger partial charge is 0.360 e. The van der Waals surface area contributed by atoms with Gasteiger partial charge in [-0.05, 0) is 61.6 Å². The lowest BCUT2D eigenvalue weighted by molar-refractivity contribution is 0.135. The first-order chi connectivity index (χ1) is 11.2. The summed E-state index contributed by atoms with van der Waals surface area (Å²) in [4.78, 5) is 0. The van der Waals surface area contributed by atoms with Gasteiger partial charge >= 0.3 is 0 Å². The molecule has 3 rings (SSSR count). The molecule has 2 nitrogen and oxygen atoms in total. The van der Waals surface area contributed by atoms with Gasteiger partial charge in [-0.1, -0.05) is 58.8 Å². The molecule has 3 fully saturated rings. The van der Waals surface area contributed by atoms with Crippen molar-refractivity contribution in [2.24, 2.45) is 23.7 Å². The Morgan fingerprint density at radius 3 is 2.48 bits per heavy atom. The third kappa shape index (κ3) is 4.21. The minimum absolute atomic E-state index is 0.583. The van der Waals surface area contributed by atoms with E-state index in [9.17, 15) is 0 Å². The van der Waals surface area contributed by atoms with Crippen LogP contribution < -0.4 is 10.6 Å². The topological polar surface area (TPSA) is 24.1 Å². The third-order valence-electron chi connectivity index (χ3n) is 7.07. The molecule has 0 aromatic heterocycles. The zero-order chi connectivity index (χ0) is 16.2. The van der Waals surface area contributed by atoms with Gasteiger partial charge in [-0.2, -0.15) is 0 Å². The van der Waals surface area contributed by atoms with Crippen LogP contribution in [0.5, 0.6) is 0 Å². The molecule has 0 heterocycles. The van der Waals surface area contributed by atoms with E-state index in [1.807, 2.05) is 0 Å². The van der Waals surface area contributed by atoms with Crippen molar-refractivity contribution in [1.82, 2.24) is 10.6 Å². The molecule has 0 radical (unpaired) electrons. The van der Waals surface area contributed by atoms with Crippen LogP contribution in [0.4, 0.5) is 0 Å². The summed E-state index contributed by atoms with van der Waals surface area (Å²) in [5.74, 6) is 3.40. The van der Waals surface area contributed by atoms with Crippen LogP contribution in [0.3, 0.4) is 0 Å². The number of hydrogen-bond acceptors (Lipinski definition) is 1. The average Bonchev–Trinajstić information content (AvgIpc) is 2.57. The van der Waals surface area contributed by atoms with Crippen molar-refractivity contribution in [3.63, 3.8) is 0 Å². The first kappa shape index (κ1) is 17.5. The number of rotatable bonds is 3. The van der Waals surface area contributed by atoms with Crippen LogP contribution >= 0.6 is 12.2 Å². The molecule has 0 amide bonds. The molecule has 23 heavy (non-hydrogen) atoms. The second kappa shape index (κ2) is 8.18. The molecule has 0 bridgehead atoms. The average molecular weight is 337 g/mol. The van der Waals surface area contributed by atoms with Gasteiger partial charge in [0, 0.05) is 12.1 Å². The van der Waals surface area contributed by atoms with Crippen LogP contribution in [0.1, 0.15) is 84.5 Å². The highest BCUT2D eigenvalue weighted by Gasteiger charge is 2.36. The monoisotopic (exact) mass is 336 g/mol. The van der Waals surface area contributed by atoms with E-state index in [1.165, 1.54) is 70.6 Å². The summed E-state index contributed by atoms with van der Waals surface area (Å²) in [6, 6.07) is 1.22. The lowest BCUT2D eigenvalue weighted by Gasteiger charge is -2.43. The molecule has 3 aliphatic rings. The normalized spacial score (nSPS) is 41.0. The van der Waals surface area contributed by atoms with Crippen molar-refractivity contribution in [2.45, 2.75) is 96.6 Å². The van der Waals surface area contributed by atoms with Crippen LogP contribution in [0.2, 0.25) is 0 Å². The maximum Gasteiger partial charge on any atom is 0.166 e. The van der Waals surface area contributed by atoms with Gasteiger partial charge < -0.3 is 10.6 Å². The standard InChI is InChI=1S/C20H36N2S/c1-3-15-10-6-8-14(2)19(15)22-20(23)21-18-13-7-11-16-9-4-5-12-17(16)18/h14-19H,3-13H2,1-2H3,(H2,21,22,23). The van der Waals surface area contributed by atoms with Crippen molar-refractivity contribution in [3.05, 3.63) is 0 Å². The summed E-state index contributed by atoms with van der Waals surface area (Å²) in [5, 5.41) is 8.43. The van der Waals surface area contributed by atoms with E-state index in [2.05, 4.69) is 24.5 Å².